The van der Waals surface area contributed by atoms with Crippen LogP contribution in [0.2, 0.25) is 10.0 Å². The Morgan fingerprint density at radius 3 is 2.10 bits per heavy atom. The molecule has 226 valence electrons. The monoisotopic (exact) mass is 631 g/mol. The lowest BCUT2D eigenvalue weighted by Gasteiger charge is -2.34. The molecule has 0 aromatic heterocycles. The van der Waals surface area contributed by atoms with Crippen LogP contribution >= 0.6 is 23.2 Å². The molecule has 0 aliphatic heterocycles. The Morgan fingerprint density at radius 1 is 0.881 bits per heavy atom. The molecule has 0 bridgehead atoms. The minimum Gasteiger partial charge on any atom is -0.352 e. The molecule has 0 unspecified atom stereocenters. The van der Waals surface area contributed by atoms with Gasteiger partial charge in [-0.3, -0.25) is 13.9 Å². The van der Waals surface area contributed by atoms with Crippen molar-refractivity contribution in [3.63, 3.8) is 0 Å². The number of sulfonamides is 1. The molecule has 0 radical (unpaired) electrons. The molecule has 0 aliphatic rings. The Hall–Kier alpha value is -3.07. The quantitative estimate of drug-likeness (QED) is 0.237. The number of nitrogens with zero attached hydrogens (tertiary/aromatic N) is 2. The fourth-order valence-corrected chi connectivity index (χ4v) is 6.58. The highest BCUT2D eigenvalue weighted by Gasteiger charge is 2.34. The van der Waals surface area contributed by atoms with Crippen molar-refractivity contribution in [3.8, 4) is 0 Å². The number of carbonyl (C=O) groups is 2. The number of benzene rings is 3. The standard InChI is InChI=1S/C32H39Cl2N3O4S/c1-7-24(6)35-32(39)29(8-2)36(19-25-12-13-26(33)18-28(25)34)31(38)20-37(30-16-11-22(4)17-23(30)5)42(40,41)27-14-9-21(3)10-15-27/h9-18,24,29H,7-8,19-20H2,1-6H3,(H,35,39)/t24-,29+/m1/s1. The van der Waals surface area contributed by atoms with Crippen LogP contribution in [-0.2, 0) is 26.2 Å². The van der Waals surface area contributed by atoms with Gasteiger partial charge in [-0.2, -0.15) is 0 Å². The molecule has 7 nitrogen and oxygen atoms in total. The van der Waals surface area contributed by atoms with Gasteiger partial charge in [-0.25, -0.2) is 8.42 Å². The van der Waals surface area contributed by atoms with E-state index in [0.717, 1.165) is 15.4 Å². The van der Waals surface area contributed by atoms with Gasteiger partial charge >= 0.3 is 0 Å². The minimum atomic E-state index is -4.16. The number of halogens is 2. The average molecular weight is 633 g/mol. The molecule has 2 amide bonds. The molecule has 0 saturated heterocycles. The molecular formula is C32H39Cl2N3O4S. The van der Waals surface area contributed by atoms with Crippen LogP contribution in [0.25, 0.3) is 0 Å². The fraction of sp³-hybridized carbons (Fsp3) is 0.375. The Bertz CT molecular complexity index is 1530. The number of amides is 2. The van der Waals surface area contributed by atoms with E-state index < -0.39 is 28.5 Å². The summed E-state index contributed by atoms with van der Waals surface area (Å²) in [5.74, 6) is -0.854. The van der Waals surface area contributed by atoms with Crippen molar-refractivity contribution in [3.05, 3.63) is 93.0 Å². The largest absolute Gasteiger partial charge is 0.352 e. The van der Waals surface area contributed by atoms with Gasteiger partial charge in [0.15, 0.2) is 0 Å². The molecular weight excluding hydrogens is 593 g/mol. The van der Waals surface area contributed by atoms with Crippen molar-refractivity contribution < 1.29 is 18.0 Å². The summed E-state index contributed by atoms with van der Waals surface area (Å²) >= 11 is 12.6. The van der Waals surface area contributed by atoms with E-state index in [1.807, 2.05) is 53.7 Å². The molecule has 3 aromatic rings. The van der Waals surface area contributed by atoms with Crippen LogP contribution in [0.4, 0.5) is 5.69 Å². The van der Waals surface area contributed by atoms with Gasteiger partial charge in [0.1, 0.15) is 12.6 Å². The molecule has 1 N–H and O–H groups in total. The highest BCUT2D eigenvalue weighted by Crippen LogP contribution is 2.29. The first-order valence-electron chi connectivity index (χ1n) is 14.0. The lowest BCUT2D eigenvalue weighted by molar-refractivity contribution is -0.140. The summed E-state index contributed by atoms with van der Waals surface area (Å²) in [6.07, 6.45) is 1.03. The van der Waals surface area contributed by atoms with Gasteiger partial charge in [0.05, 0.1) is 10.6 Å². The second kappa shape index (κ2) is 14.4. The topological polar surface area (TPSA) is 86.8 Å². The average Bonchev–Trinajstić information content (AvgIpc) is 2.93. The maximum atomic E-state index is 14.3. The SMILES string of the molecule is CC[C@@H](C)NC(=O)[C@H](CC)N(Cc1ccc(Cl)cc1Cl)C(=O)CN(c1ccc(C)cc1C)S(=O)(=O)c1ccc(C)cc1. The Balaban J connectivity index is 2.12. The van der Waals surface area contributed by atoms with Crippen LogP contribution in [0.3, 0.4) is 0 Å². The third-order valence-electron chi connectivity index (χ3n) is 7.25. The highest BCUT2D eigenvalue weighted by molar-refractivity contribution is 7.92. The maximum Gasteiger partial charge on any atom is 0.264 e. The van der Waals surface area contributed by atoms with Crippen LogP contribution in [0, 0.1) is 20.8 Å². The zero-order valence-corrected chi connectivity index (χ0v) is 27.3. The summed E-state index contributed by atoms with van der Waals surface area (Å²) in [6.45, 7) is 10.7. The zero-order valence-electron chi connectivity index (χ0n) is 24.9. The number of aryl methyl sites for hydroxylation is 3. The summed E-state index contributed by atoms with van der Waals surface area (Å²) in [6, 6.07) is 15.9. The van der Waals surface area contributed by atoms with Gasteiger partial charge in [-0.05, 0) is 82.0 Å². The molecule has 0 spiro atoms. The molecule has 0 aliphatic carbocycles. The van der Waals surface area contributed by atoms with Gasteiger partial charge in [0.2, 0.25) is 11.8 Å². The van der Waals surface area contributed by atoms with E-state index in [-0.39, 0.29) is 23.4 Å². The van der Waals surface area contributed by atoms with Crippen LogP contribution in [-0.4, -0.2) is 43.8 Å². The van der Waals surface area contributed by atoms with E-state index in [4.69, 9.17) is 23.2 Å². The van der Waals surface area contributed by atoms with Gasteiger partial charge in [-0.1, -0.05) is 78.5 Å². The van der Waals surface area contributed by atoms with E-state index in [9.17, 15) is 18.0 Å². The van der Waals surface area contributed by atoms with E-state index >= 15 is 0 Å². The molecule has 42 heavy (non-hydrogen) atoms. The van der Waals surface area contributed by atoms with Crippen LogP contribution < -0.4 is 9.62 Å². The number of nitrogens with one attached hydrogen (secondary N) is 1. The summed E-state index contributed by atoms with van der Waals surface area (Å²) in [4.78, 5) is 29.2. The van der Waals surface area contributed by atoms with Crippen molar-refractivity contribution in [1.82, 2.24) is 10.2 Å². The highest BCUT2D eigenvalue weighted by atomic mass is 35.5. The van der Waals surface area contributed by atoms with E-state index in [0.29, 0.717) is 39.7 Å². The van der Waals surface area contributed by atoms with Crippen LogP contribution in [0.5, 0.6) is 0 Å². The fourth-order valence-electron chi connectivity index (χ4n) is 4.63. The third-order valence-corrected chi connectivity index (χ3v) is 9.61. The minimum absolute atomic E-state index is 0.00737. The molecule has 3 rings (SSSR count). The first-order valence-corrected chi connectivity index (χ1v) is 16.2. The lowest BCUT2D eigenvalue weighted by atomic mass is 10.1. The summed E-state index contributed by atoms with van der Waals surface area (Å²) in [5.41, 5.74) is 3.54. The van der Waals surface area contributed by atoms with Gasteiger partial charge in [-0.15, -0.1) is 0 Å². The number of anilines is 1. The summed E-state index contributed by atoms with van der Waals surface area (Å²) in [5, 5.41) is 3.75. The Labute approximate surface area is 259 Å². The maximum absolute atomic E-state index is 14.3. The second-order valence-corrected chi connectivity index (χ2v) is 13.3. The smallest absolute Gasteiger partial charge is 0.264 e. The van der Waals surface area contributed by atoms with Crippen molar-refractivity contribution in [2.24, 2.45) is 0 Å². The lowest BCUT2D eigenvalue weighted by Crippen LogP contribution is -2.53. The van der Waals surface area contributed by atoms with E-state index in [1.54, 1.807) is 36.4 Å². The van der Waals surface area contributed by atoms with Crippen molar-refractivity contribution in [1.29, 1.82) is 0 Å². The van der Waals surface area contributed by atoms with Gasteiger partial charge in [0.25, 0.3) is 10.0 Å². The van der Waals surface area contributed by atoms with Crippen LogP contribution in [0.1, 0.15) is 55.9 Å². The third kappa shape index (κ3) is 8.06. The van der Waals surface area contributed by atoms with Crippen LogP contribution in [0.15, 0.2) is 65.6 Å². The first kappa shape index (κ1) is 33.4. The Kier molecular flexibility index (Phi) is 11.5. The van der Waals surface area contributed by atoms with Crippen molar-refractivity contribution in [2.75, 3.05) is 10.8 Å². The summed E-state index contributed by atoms with van der Waals surface area (Å²) in [7, 11) is -4.16. The second-order valence-electron chi connectivity index (χ2n) is 10.6. The number of hydrogen-bond acceptors (Lipinski definition) is 4. The number of hydrogen-bond donors (Lipinski definition) is 1. The molecule has 3 aromatic carbocycles. The van der Waals surface area contributed by atoms with E-state index in [1.165, 1.54) is 17.0 Å². The molecule has 2 atom stereocenters. The number of carbonyl (C=O) groups excluding carboxylic acids is 2. The van der Waals surface area contributed by atoms with E-state index in [2.05, 4.69) is 5.32 Å². The predicted octanol–water partition coefficient (Wildman–Crippen LogP) is 6.84. The molecule has 0 fully saturated rings. The van der Waals surface area contributed by atoms with Crippen molar-refractivity contribution in [2.45, 2.75) is 77.9 Å². The predicted molar refractivity (Wildman–Crippen MR) is 171 cm³/mol. The number of rotatable bonds is 12. The first-order chi connectivity index (χ1) is 19.8. The van der Waals surface area contributed by atoms with Crippen molar-refractivity contribution >= 4 is 50.7 Å². The van der Waals surface area contributed by atoms with Gasteiger partial charge < -0.3 is 10.2 Å². The molecule has 0 heterocycles. The van der Waals surface area contributed by atoms with Gasteiger partial charge in [0, 0.05) is 22.6 Å². The summed E-state index contributed by atoms with van der Waals surface area (Å²) < 4.78 is 29.3. The molecule has 0 saturated carbocycles. The Morgan fingerprint density at radius 2 is 1.52 bits per heavy atom. The normalized spacial score (nSPS) is 12.9. The molecule has 10 heteroatoms. The zero-order chi connectivity index (χ0) is 31.2.